The average molecular weight is 549 g/mol. The van der Waals surface area contributed by atoms with Crippen LogP contribution in [-0.4, -0.2) is 59.2 Å². The third kappa shape index (κ3) is 3.99. The first-order valence-corrected chi connectivity index (χ1v) is 13.3. The van der Waals surface area contributed by atoms with Crippen molar-refractivity contribution in [3.8, 4) is 0 Å². The number of hydrogen-bond acceptors (Lipinski definition) is 8. The Kier molecular flexibility index (Phi) is 7.02. The summed E-state index contributed by atoms with van der Waals surface area (Å²) in [6.45, 7) is 0. The number of benzene rings is 3. The Bertz CT molecular complexity index is 1450. The van der Waals surface area contributed by atoms with Gasteiger partial charge in [-0.25, -0.2) is 9.69 Å². The van der Waals surface area contributed by atoms with Gasteiger partial charge < -0.3 is 4.74 Å². The van der Waals surface area contributed by atoms with Crippen molar-refractivity contribution >= 4 is 71.3 Å². The van der Waals surface area contributed by atoms with Crippen molar-refractivity contribution in [2.24, 2.45) is 0 Å². The number of amides is 4. The van der Waals surface area contributed by atoms with Crippen molar-refractivity contribution in [1.82, 2.24) is 4.90 Å². The average Bonchev–Trinajstić information content (AvgIpc) is 2.93. The third-order valence-corrected chi connectivity index (χ3v) is 7.61. The summed E-state index contributed by atoms with van der Waals surface area (Å²) in [6.07, 6.45) is 2.87. The van der Waals surface area contributed by atoms with E-state index in [2.05, 4.69) is 25.3 Å². The van der Waals surface area contributed by atoms with Gasteiger partial charge in [-0.1, -0.05) is 12.1 Å². The van der Waals surface area contributed by atoms with Crippen molar-refractivity contribution < 1.29 is 28.7 Å². The van der Waals surface area contributed by atoms with Gasteiger partial charge in [0.05, 0.1) is 12.8 Å². The highest BCUT2D eigenvalue weighted by Crippen LogP contribution is 2.39. The Balaban J connectivity index is 1.57. The smallest absolute Gasteiger partial charge is 0.329 e. The lowest BCUT2D eigenvalue weighted by atomic mass is 9.85. The summed E-state index contributed by atoms with van der Waals surface area (Å²) in [4.78, 5) is 68.2. The summed E-state index contributed by atoms with van der Waals surface area (Å²) in [5.74, 6) is -2.60. The topological polar surface area (TPSA) is 101 Å². The molecule has 0 saturated heterocycles. The molecule has 0 spiro atoms. The molecule has 0 aromatic heterocycles. The van der Waals surface area contributed by atoms with Crippen molar-refractivity contribution in [2.75, 3.05) is 23.5 Å². The molecule has 2 aliphatic heterocycles. The molecule has 1 atom stereocenters. The number of rotatable bonds is 8. The van der Waals surface area contributed by atoms with Crippen LogP contribution in [-0.2, 0) is 16.0 Å². The number of anilines is 1. The molecule has 8 nitrogen and oxygen atoms in total. The lowest BCUT2D eigenvalue weighted by Gasteiger charge is -2.34. The van der Waals surface area contributed by atoms with E-state index in [4.69, 9.17) is 4.74 Å². The first-order valence-electron chi connectivity index (χ1n) is 12.1. The number of nitrogens with zero attached hydrogens (tertiary/aromatic N) is 2. The fraction of sp³-hybridized carbons (Fsp3) is 0.250. The fourth-order valence-corrected chi connectivity index (χ4v) is 5.60. The van der Waals surface area contributed by atoms with Crippen LogP contribution in [0.1, 0.15) is 59.8 Å². The molecule has 0 bridgehead atoms. The van der Waals surface area contributed by atoms with Crippen LogP contribution in [0.25, 0.3) is 10.8 Å². The second-order valence-electron chi connectivity index (χ2n) is 9.07. The quantitative estimate of drug-likeness (QED) is 0.191. The van der Waals surface area contributed by atoms with Gasteiger partial charge in [-0.05, 0) is 67.0 Å². The fourth-order valence-electron chi connectivity index (χ4n) is 5.06. The number of thiol groups is 2. The molecular weight excluding hydrogens is 524 g/mol. The summed E-state index contributed by atoms with van der Waals surface area (Å²) in [6, 6.07) is 11.9. The Morgan fingerprint density at radius 3 is 1.71 bits per heavy atom. The minimum Gasteiger partial charge on any atom is -0.467 e. The van der Waals surface area contributed by atoms with Gasteiger partial charge in [0.15, 0.2) is 0 Å². The van der Waals surface area contributed by atoms with Gasteiger partial charge in [0.2, 0.25) is 0 Å². The zero-order valence-electron chi connectivity index (χ0n) is 20.5. The highest BCUT2D eigenvalue weighted by Gasteiger charge is 2.43. The molecule has 5 rings (SSSR count). The Morgan fingerprint density at radius 2 is 1.26 bits per heavy atom. The summed E-state index contributed by atoms with van der Waals surface area (Å²) in [5, 5.41) is 0.492. The molecule has 0 radical (unpaired) electrons. The van der Waals surface area contributed by atoms with E-state index < -0.39 is 35.6 Å². The number of aryl methyl sites for hydroxylation is 1. The first-order chi connectivity index (χ1) is 18.3. The minimum atomic E-state index is -1.22. The molecule has 0 saturated carbocycles. The van der Waals surface area contributed by atoms with E-state index in [1.807, 2.05) is 12.1 Å². The van der Waals surface area contributed by atoms with Gasteiger partial charge in [-0.15, -0.1) is 0 Å². The van der Waals surface area contributed by atoms with Crippen LogP contribution in [0.5, 0.6) is 0 Å². The Morgan fingerprint density at radius 1 is 0.763 bits per heavy atom. The number of hydrogen-bond donors (Lipinski definition) is 2. The predicted molar refractivity (Wildman–Crippen MR) is 148 cm³/mol. The van der Waals surface area contributed by atoms with Gasteiger partial charge in [-0.2, -0.15) is 25.3 Å². The van der Waals surface area contributed by atoms with Gasteiger partial charge in [0, 0.05) is 38.8 Å². The Labute approximate surface area is 229 Å². The number of carbonyl (C=O) groups excluding carboxylic acids is 5. The predicted octanol–water partition coefficient (Wildman–Crippen LogP) is 3.96. The lowest BCUT2D eigenvalue weighted by Crippen LogP contribution is -2.52. The van der Waals surface area contributed by atoms with E-state index in [9.17, 15) is 24.0 Å². The van der Waals surface area contributed by atoms with Gasteiger partial charge in [0.1, 0.15) is 6.04 Å². The molecule has 0 N–H and O–H groups in total. The number of imide groups is 2. The molecule has 3 aromatic carbocycles. The van der Waals surface area contributed by atoms with Crippen LogP contribution in [0.4, 0.5) is 5.69 Å². The van der Waals surface area contributed by atoms with Crippen LogP contribution in [0, 0.1) is 0 Å². The van der Waals surface area contributed by atoms with E-state index in [0.717, 1.165) is 47.5 Å². The molecule has 38 heavy (non-hydrogen) atoms. The van der Waals surface area contributed by atoms with Gasteiger partial charge >= 0.3 is 5.97 Å². The summed E-state index contributed by atoms with van der Waals surface area (Å²) in [7, 11) is 1.16. The van der Waals surface area contributed by atoms with Crippen molar-refractivity contribution in [3.05, 3.63) is 76.3 Å². The van der Waals surface area contributed by atoms with E-state index >= 15 is 0 Å². The van der Waals surface area contributed by atoms with E-state index in [1.165, 1.54) is 24.3 Å². The van der Waals surface area contributed by atoms with Gasteiger partial charge in [0.25, 0.3) is 23.6 Å². The van der Waals surface area contributed by atoms with Gasteiger partial charge in [-0.3, -0.25) is 24.1 Å². The molecule has 2 aliphatic rings. The second-order valence-corrected chi connectivity index (χ2v) is 9.88. The number of carbonyl (C=O) groups is 5. The third-order valence-electron chi connectivity index (χ3n) is 6.95. The first kappa shape index (κ1) is 26.0. The molecule has 4 amide bonds. The number of ether oxygens (including phenoxy) is 1. The lowest BCUT2D eigenvalue weighted by molar-refractivity contribution is -0.144. The largest absolute Gasteiger partial charge is 0.467 e. The van der Waals surface area contributed by atoms with E-state index in [1.54, 1.807) is 12.1 Å². The number of unbranched alkanes of at least 4 members (excludes halogenated alkanes) is 1. The van der Waals surface area contributed by atoms with Crippen LogP contribution < -0.4 is 4.90 Å². The standard InChI is InChI=1S/C28H24N2O6S2/c1-36-28(35)21(14-38)30-26(33)19-11-9-17-22-18(10-12-20(23(19)22)27(30)34)25(32)29(24(17)31)16-7-5-15(6-8-16)4-2-3-13-37/h5-12,21,37-38H,2-4,13-14H2,1H3. The van der Waals surface area contributed by atoms with E-state index in [0.29, 0.717) is 5.69 Å². The molecule has 0 aliphatic carbocycles. The zero-order chi connectivity index (χ0) is 27.1. The van der Waals surface area contributed by atoms with E-state index in [-0.39, 0.29) is 38.8 Å². The highest BCUT2D eigenvalue weighted by molar-refractivity contribution is 7.80. The molecule has 0 fully saturated rings. The normalized spacial score (nSPS) is 15.3. The van der Waals surface area contributed by atoms with Crippen molar-refractivity contribution in [3.63, 3.8) is 0 Å². The second kappa shape index (κ2) is 10.3. The maximum Gasteiger partial charge on any atom is 0.329 e. The van der Waals surface area contributed by atoms with Crippen molar-refractivity contribution in [2.45, 2.75) is 25.3 Å². The Hall–Kier alpha value is -3.63. The molecular formula is C28H24N2O6S2. The minimum absolute atomic E-state index is 0.121. The molecule has 3 aromatic rings. The molecule has 1 unspecified atom stereocenters. The zero-order valence-corrected chi connectivity index (χ0v) is 22.3. The van der Waals surface area contributed by atoms with Crippen LogP contribution in [0.2, 0.25) is 0 Å². The van der Waals surface area contributed by atoms with Crippen LogP contribution in [0.15, 0.2) is 48.5 Å². The van der Waals surface area contributed by atoms with Crippen LogP contribution in [0.3, 0.4) is 0 Å². The van der Waals surface area contributed by atoms with Crippen LogP contribution >= 0.6 is 25.3 Å². The monoisotopic (exact) mass is 548 g/mol. The highest BCUT2D eigenvalue weighted by atomic mass is 32.1. The maximum absolute atomic E-state index is 13.6. The van der Waals surface area contributed by atoms with Crippen molar-refractivity contribution in [1.29, 1.82) is 0 Å². The molecule has 194 valence electrons. The SMILES string of the molecule is COC(=O)C(CS)N1C(=O)c2ccc3c4c(ccc(c24)C1=O)C(=O)N(c1ccc(CCCCS)cc1)C3=O. The summed E-state index contributed by atoms with van der Waals surface area (Å²) >= 11 is 8.37. The number of methoxy groups -OCH3 is 1. The number of esters is 1. The summed E-state index contributed by atoms with van der Waals surface area (Å²) < 4.78 is 4.76. The summed E-state index contributed by atoms with van der Waals surface area (Å²) in [5.41, 5.74) is 2.20. The maximum atomic E-state index is 13.6. The molecule has 2 heterocycles. The molecule has 10 heteroatoms.